The highest BCUT2D eigenvalue weighted by atomic mass is 16.6. The molecule has 1 saturated heterocycles. The second-order valence-electron chi connectivity index (χ2n) is 5.46. The van der Waals surface area contributed by atoms with Crippen molar-refractivity contribution in [3.63, 3.8) is 0 Å². The lowest BCUT2D eigenvalue weighted by atomic mass is 10.1. The predicted molar refractivity (Wildman–Crippen MR) is 80.3 cm³/mol. The molecule has 11 heteroatoms. The van der Waals surface area contributed by atoms with Gasteiger partial charge in [0.05, 0.1) is 12.9 Å². The molecule has 4 atom stereocenters. The summed E-state index contributed by atoms with van der Waals surface area (Å²) in [6.07, 6.45) is -1.36. The van der Waals surface area contributed by atoms with Crippen LogP contribution in [0.4, 0.5) is 5.82 Å². The molecule has 0 amide bonds. The van der Waals surface area contributed by atoms with Crippen LogP contribution in [0.25, 0.3) is 22.7 Å². The summed E-state index contributed by atoms with van der Waals surface area (Å²) in [6.45, 7) is -0.419. The van der Waals surface area contributed by atoms with Crippen molar-refractivity contribution in [2.24, 2.45) is 0 Å². The molecular formula is C13H15N7O4. The maximum Gasteiger partial charge on any atom is 0.181 e. The minimum absolute atomic E-state index is 0.162. The van der Waals surface area contributed by atoms with Gasteiger partial charge in [0.25, 0.3) is 0 Å². The van der Waals surface area contributed by atoms with Crippen molar-refractivity contribution in [3.8, 4) is 11.5 Å². The minimum Gasteiger partial charge on any atom is -0.394 e. The quantitative estimate of drug-likeness (QED) is 0.379. The normalized spacial score (nSPS) is 27.1. The van der Waals surface area contributed by atoms with Crippen LogP contribution >= 0.6 is 0 Å². The fourth-order valence-electron chi connectivity index (χ4n) is 2.74. The number of nitrogens with two attached hydrogens (primary N) is 1. The average molecular weight is 333 g/mol. The van der Waals surface area contributed by atoms with Crippen molar-refractivity contribution >= 4 is 17.0 Å². The molecule has 24 heavy (non-hydrogen) atoms. The van der Waals surface area contributed by atoms with Crippen molar-refractivity contribution in [2.75, 3.05) is 12.3 Å². The second-order valence-corrected chi connectivity index (χ2v) is 5.46. The van der Waals surface area contributed by atoms with Crippen LogP contribution in [0.1, 0.15) is 6.23 Å². The number of aromatic amines is 1. The molecule has 0 unspecified atom stereocenters. The third-order valence-electron chi connectivity index (χ3n) is 3.98. The van der Waals surface area contributed by atoms with Crippen LogP contribution in [0.5, 0.6) is 0 Å². The van der Waals surface area contributed by atoms with Crippen LogP contribution in [0.2, 0.25) is 0 Å². The minimum atomic E-state index is -1.24. The Bertz CT molecular complexity index is 865. The molecule has 4 rings (SSSR count). The summed E-state index contributed by atoms with van der Waals surface area (Å²) in [4.78, 5) is 12.7. The van der Waals surface area contributed by atoms with E-state index in [1.165, 1.54) is 10.9 Å². The van der Waals surface area contributed by atoms with Crippen molar-refractivity contribution in [1.82, 2.24) is 29.7 Å². The highest BCUT2D eigenvalue weighted by Gasteiger charge is 2.44. The van der Waals surface area contributed by atoms with Crippen molar-refractivity contribution in [1.29, 1.82) is 0 Å². The lowest BCUT2D eigenvalue weighted by Gasteiger charge is -2.16. The molecule has 11 nitrogen and oxygen atoms in total. The number of nitrogens with zero attached hydrogens (tertiary/aromatic N) is 5. The Morgan fingerprint density at radius 2 is 2.12 bits per heavy atom. The molecule has 0 bridgehead atoms. The number of fused-ring (bicyclic) bond motifs is 1. The van der Waals surface area contributed by atoms with E-state index in [9.17, 15) is 15.3 Å². The summed E-state index contributed by atoms with van der Waals surface area (Å²) in [7, 11) is 0. The van der Waals surface area contributed by atoms with Crippen LogP contribution < -0.4 is 5.73 Å². The third kappa shape index (κ3) is 2.14. The molecule has 0 radical (unpaired) electrons. The van der Waals surface area contributed by atoms with Crippen molar-refractivity contribution in [2.45, 2.75) is 24.5 Å². The zero-order chi connectivity index (χ0) is 16.8. The molecule has 6 N–H and O–H groups in total. The number of hydrogen-bond acceptors (Lipinski definition) is 9. The summed E-state index contributed by atoms with van der Waals surface area (Å²) in [5.41, 5.74) is 7.18. The molecule has 3 aromatic heterocycles. The van der Waals surface area contributed by atoms with Crippen LogP contribution in [0.3, 0.4) is 0 Å². The van der Waals surface area contributed by atoms with Gasteiger partial charge in [0.1, 0.15) is 29.5 Å². The monoisotopic (exact) mass is 333 g/mol. The molecule has 0 spiro atoms. The molecule has 3 aromatic rings. The molecular weight excluding hydrogens is 318 g/mol. The summed E-state index contributed by atoms with van der Waals surface area (Å²) in [5, 5.41) is 35.9. The molecule has 126 valence electrons. The fourth-order valence-corrected chi connectivity index (χ4v) is 2.74. The summed E-state index contributed by atoms with van der Waals surface area (Å²) in [5.74, 6) is 0.473. The van der Waals surface area contributed by atoms with E-state index in [4.69, 9.17) is 10.5 Å². The topological polar surface area (TPSA) is 168 Å². The van der Waals surface area contributed by atoms with Gasteiger partial charge in [-0.2, -0.15) is 5.10 Å². The van der Waals surface area contributed by atoms with Crippen molar-refractivity contribution < 1.29 is 20.1 Å². The maximum absolute atomic E-state index is 10.2. The summed E-state index contributed by atoms with van der Waals surface area (Å²) in [6, 6.07) is 1.69. The number of rotatable bonds is 3. The Balaban J connectivity index is 1.82. The van der Waals surface area contributed by atoms with Crippen LogP contribution in [0, 0.1) is 0 Å². The zero-order valence-electron chi connectivity index (χ0n) is 12.3. The Labute approximate surface area is 134 Å². The van der Waals surface area contributed by atoms with Gasteiger partial charge < -0.3 is 25.8 Å². The Morgan fingerprint density at radius 1 is 1.29 bits per heavy atom. The van der Waals surface area contributed by atoms with E-state index in [2.05, 4.69) is 25.1 Å². The Kier molecular flexibility index (Phi) is 3.42. The number of imidazole rings is 1. The molecule has 1 aliphatic heterocycles. The lowest BCUT2D eigenvalue weighted by Crippen LogP contribution is -2.33. The number of ether oxygens (including phenoxy) is 1. The van der Waals surface area contributed by atoms with E-state index in [1.54, 1.807) is 12.3 Å². The largest absolute Gasteiger partial charge is 0.394 e. The third-order valence-corrected chi connectivity index (χ3v) is 3.98. The first-order valence-corrected chi connectivity index (χ1v) is 7.22. The average Bonchev–Trinajstić information content (AvgIpc) is 3.28. The van der Waals surface area contributed by atoms with E-state index in [1.807, 2.05) is 0 Å². The lowest BCUT2D eigenvalue weighted by molar-refractivity contribution is -0.0511. The molecule has 1 aliphatic rings. The fraction of sp³-hybridized carbons (Fsp3) is 0.385. The predicted octanol–water partition coefficient (Wildman–Crippen LogP) is -1.59. The first kappa shape index (κ1) is 15.0. The van der Waals surface area contributed by atoms with E-state index >= 15 is 0 Å². The van der Waals surface area contributed by atoms with Crippen molar-refractivity contribution in [3.05, 3.63) is 18.6 Å². The van der Waals surface area contributed by atoms with E-state index in [0.717, 1.165) is 0 Å². The van der Waals surface area contributed by atoms with E-state index in [-0.39, 0.29) is 5.82 Å². The number of H-pyrrole nitrogens is 1. The molecule has 1 fully saturated rings. The van der Waals surface area contributed by atoms with Gasteiger partial charge in [-0.15, -0.1) is 0 Å². The number of hydrogen-bond donors (Lipinski definition) is 5. The van der Waals surface area contributed by atoms with Gasteiger partial charge in [-0.25, -0.2) is 15.0 Å². The van der Waals surface area contributed by atoms with Crippen LogP contribution in [-0.4, -0.2) is 70.0 Å². The van der Waals surface area contributed by atoms with Gasteiger partial charge in [0, 0.05) is 6.20 Å². The highest BCUT2D eigenvalue weighted by Crippen LogP contribution is 2.32. The Morgan fingerprint density at radius 3 is 2.79 bits per heavy atom. The maximum atomic E-state index is 10.2. The van der Waals surface area contributed by atoms with Gasteiger partial charge >= 0.3 is 0 Å². The molecule has 0 saturated carbocycles. The number of aliphatic hydroxyl groups is 3. The summed E-state index contributed by atoms with van der Waals surface area (Å²) >= 11 is 0. The second kappa shape index (κ2) is 5.49. The standard InChI is InChI=1S/C13H15N7O4/c14-10-7-12(18-11(17-10)5-1-2-16-19-5)20(4-15-7)13-9(23)8(22)6(3-21)24-13/h1-2,4,6,8-9,13,21-23H,3H2,(H,16,19)(H2,14,17,18)/t6-,8-,9-,13-/m1/s1. The van der Waals surface area contributed by atoms with E-state index in [0.29, 0.717) is 22.7 Å². The SMILES string of the molecule is Nc1nc(-c2ccn[nH]2)nc2c1ncn2[C@@H]1O[C@H](CO)[C@@H](O)[C@H]1O. The highest BCUT2D eigenvalue weighted by molar-refractivity contribution is 5.83. The van der Waals surface area contributed by atoms with Crippen LogP contribution in [-0.2, 0) is 4.74 Å². The first-order chi connectivity index (χ1) is 11.6. The summed E-state index contributed by atoms with van der Waals surface area (Å²) < 4.78 is 6.96. The van der Waals surface area contributed by atoms with Gasteiger partial charge in [0.15, 0.2) is 23.5 Å². The number of nitrogens with one attached hydrogen (secondary N) is 1. The number of nitrogen functional groups attached to an aromatic ring is 1. The smallest absolute Gasteiger partial charge is 0.181 e. The van der Waals surface area contributed by atoms with E-state index < -0.39 is 31.1 Å². The van der Waals surface area contributed by atoms with Gasteiger partial charge in [-0.05, 0) is 6.07 Å². The molecule has 0 aliphatic carbocycles. The van der Waals surface area contributed by atoms with Gasteiger partial charge in [-0.1, -0.05) is 0 Å². The zero-order valence-corrected chi connectivity index (χ0v) is 12.3. The molecule has 0 aromatic carbocycles. The number of aliphatic hydroxyl groups excluding tert-OH is 3. The molecule has 4 heterocycles. The number of anilines is 1. The first-order valence-electron chi connectivity index (χ1n) is 7.22. The van der Waals surface area contributed by atoms with Gasteiger partial charge in [0.2, 0.25) is 0 Å². The van der Waals surface area contributed by atoms with Crippen LogP contribution in [0.15, 0.2) is 18.6 Å². The van der Waals surface area contributed by atoms with Gasteiger partial charge in [-0.3, -0.25) is 9.67 Å². The number of aromatic nitrogens is 6. The Hall–Kier alpha value is -2.60.